The minimum absolute atomic E-state index is 0.0615. The highest BCUT2D eigenvalue weighted by Crippen LogP contribution is 2.28. The second-order valence-corrected chi connectivity index (χ2v) is 6.89. The molecule has 1 atom stereocenters. The van der Waals surface area contributed by atoms with E-state index in [-0.39, 0.29) is 30.5 Å². The van der Waals surface area contributed by atoms with Crippen LogP contribution in [-0.2, 0) is 15.7 Å². The SMILES string of the molecule is CC1(C)OCC(CN=C(NC(=O)c2ccc(F)cc2)Nc2cc(C(F)(F)F)[nH]n2)O1. The monoisotopic (exact) mass is 429 g/mol. The zero-order chi connectivity index (χ0) is 21.9. The minimum atomic E-state index is -4.61. The van der Waals surface area contributed by atoms with Crippen molar-refractivity contribution < 1.29 is 31.8 Å². The number of hydrogen-bond acceptors (Lipinski definition) is 5. The Bertz CT molecular complexity index is 925. The number of aromatic nitrogens is 2. The van der Waals surface area contributed by atoms with E-state index in [0.717, 1.165) is 18.2 Å². The number of hydrogen-bond donors (Lipinski definition) is 3. The number of aromatic amines is 1. The number of aliphatic imine (C=N–C) groups is 1. The van der Waals surface area contributed by atoms with Gasteiger partial charge in [-0.15, -0.1) is 0 Å². The maximum Gasteiger partial charge on any atom is 0.432 e. The predicted molar refractivity (Wildman–Crippen MR) is 98.3 cm³/mol. The Kier molecular flexibility index (Phi) is 6.08. The Morgan fingerprint density at radius 2 is 2.03 bits per heavy atom. The third-order valence-corrected chi connectivity index (χ3v) is 3.99. The number of amides is 1. The molecule has 162 valence electrons. The third-order valence-electron chi connectivity index (χ3n) is 3.99. The molecule has 3 N–H and O–H groups in total. The first-order valence-electron chi connectivity index (χ1n) is 8.84. The van der Waals surface area contributed by atoms with Gasteiger partial charge in [-0.2, -0.15) is 18.3 Å². The van der Waals surface area contributed by atoms with Crippen molar-refractivity contribution in [3.63, 3.8) is 0 Å². The van der Waals surface area contributed by atoms with Gasteiger partial charge in [0.2, 0.25) is 5.96 Å². The normalized spacial score (nSPS) is 19.0. The number of alkyl halides is 3. The molecule has 12 heteroatoms. The molecule has 1 saturated heterocycles. The molecule has 2 aromatic rings. The van der Waals surface area contributed by atoms with Gasteiger partial charge in [-0.05, 0) is 38.1 Å². The molecule has 0 bridgehead atoms. The molecule has 1 aliphatic rings. The lowest BCUT2D eigenvalue weighted by Crippen LogP contribution is -2.37. The summed E-state index contributed by atoms with van der Waals surface area (Å²) in [5.41, 5.74) is -0.936. The van der Waals surface area contributed by atoms with Crippen molar-refractivity contribution in [3.8, 4) is 0 Å². The van der Waals surface area contributed by atoms with Crippen molar-refractivity contribution in [2.75, 3.05) is 18.5 Å². The molecule has 1 amide bonds. The van der Waals surface area contributed by atoms with E-state index in [2.05, 4.69) is 20.7 Å². The number of carbonyl (C=O) groups excluding carboxylic acids is 1. The van der Waals surface area contributed by atoms with Crippen LogP contribution in [0.1, 0.15) is 29.9 Å². The smallest absolute Gasteiger partial charge is 0.348 e. The first kappa shape index (κ1) is 21.7. The molecule has 1 aromatic carbocycles. The number of anilines is 1. The predicted octanol–water partition coefficient (Wildman–Crippen LogP) is 2.92. The van der Waals surface area contributed by atoms with Crippen molar-refractivity contribution in [1.82, 2.24) is 15.5 Å². The Hall–Kier alpha value is -2.99. The number of ether oxygens (including phenoxy) is 2. The van der Waals surface area contributed by atoms with Gasteiger partial charge in [0, 0.05) is 11.6 Å². The van der Waals surface area contributed by atoms with Gasteiger partial charge in [0.25, 0.3) is 5.91 Å². The van der Waals surface area contributed by atoms with Crippen LogP contribution in [-0.4, -0.2) is 47.1 Å². The zero-order valence-electron chi connectivity index (χ0n) is 16.0. The Balaban J connectivity index is 1.75. The van der Waals surface area contributed by atoms with E-state index in [1.54, 1.807) is 13.8 Å². The van der Waals surface area contributed by atoms with E-state index in [9.17, 15) is 22.4 Å². The highest BCUT2D eigenvalue weighted by atomic mass is 19.4. The number of benzene rings is 1. The summed E-state index contributed by atoms with van der Waals surface area (Å²) < 4.78 is 62.4. The van der Waals surface area contributed by atoms with Crippen LogP contribution in [0.4, 0.5) is 23.4 Å². The Morgan fingerprint density at radius 1 is 1.33 bits per heavy atom. The van der Waals surface area contributed by atoms with Gasteiger partial charge in [0.05, 0.1) is 13.2 Å². The molecule has 0 saturated carbocycles. The number of nitrogens with one attached hydrogen (secondary N) is 3. The van der Waals surface area contributed by atoms with Crippen LogP contribution >= 0.6 is 0 Å². The fraction of sp³-hybridized carbons (Fsp3) is 0.389. The lowest BCUT2D eigenvalue weighted by molar-refractivity contribution is -0.141. The van der Waals surface area contributed by atoms with Gasteiger partial charge in [0.15, 0.2) is 11.6 Å². The standard InChI is InChI=1S/C18H19F4N5O3/c1-17(2)29-9-12(30-17)8-23-16(24-14-7-13(26-27-14)18(20,21)22)25-15(28)10-3-5-11(19)6-4-10/h3-7,12H,8-9H2,1-2H3,(H3,23,24,25,26,27,28). The molecule has 2 heterocycles. The Labute approximate surface area is 168 Å². The molecule has 1 unspecified atom stereocenters. The number of H-pyrrole nitrogens is 1. The lowest BCUT2D eigenvalue weighted by atomic mass is 10.2. The topological polar surface area (TPSA) is 101 Å². The number of rotatable bonds is 4. The molecule has 0 radical (unpaired) electrons. The van der Waals surface area contributed by atoms with Crippen LogP contribution in [0.5, 0.6) is 0 Å². The molecule has 1 aliphatic heterocycles. The van der Waals surface area contributed by atoms with E-state index >= 15 is 0 Å². The molecule has 0 spiro atoms. The summed E-state index contributed by atoms with van der Waals surface area (Å²) in [4.78, 5) is 16.6. The average molecular weight is 429 g/mol. The summed E-state index contributed by atoms with van der Waals surface area (Å²) >= 11 is 0. The molecule has 1 aromatic heterocycles. The van der Waals surface area contributed by atoms with Gasteiger partial charge >= 0.3 is 6.18 Å². The van der Waals surface area contributed by atoms with E-state index < -0.39 is 35.5 Å². The van der Waals surface area contributed by atoms with Crippen LogP contribution in [0.2, 0.25) is 0 Å². The average Bonchev–Trinajstić information content (AvgIpc) is 3.26. The fourth-order valence-corrected chi connectivity index (χ4v) is 2.59. The summed E-state index contributed by atoms with van der Waals surface area (Å²) in [5, 5.41) is 10.4. The van der Waals surface area contributed by atoms with Crippen molar-refractivity contribution in [3.05, 3.63) is 47.4 Å². The summed E-state index contributed by atoms with van der Waals surface area (Å²) in [5.74, 6) is -2.30. The fourth-order valence-electron chi connectivity index (χ4n) is 2.59. The van der Waals surface area contributed by atoms with Gasteiger partial charge in [-0.25, -0.2) is 9.38 Å². The Morgan fingerprint density at radius 3 is 2.60 bits per heavy atom. The van der Waals surface area contributed by atoms with E-state index in [0.29, 0.717) is 0 Å². The van der Waals surface area contributed by atoms with Crippen LogP contribution in [0.15, 0.2) is 35.3 Å². The summed E-state index contributed by atoms with van der Waals surface area (Å²) in [6.07, 6.45) is -5.02. The first-order chi connectivity index (χ1) is 14.0. The quantitative estimate of drug-likeness (QED) is 0.394. The largest absolute Gasteiger partial charge is 0.432 e. The van der Waals surface area contributed by atoms with Crippen LogP contribution in [0.3, 0.4) is 0 Å². The number of carbonyl (C=O) groups is 1. The third kappa shape index (κ3) is 5.76. The van der Waals surface area contributed by atoms with Gasteiger partial charge in [-0.3, -0.25) is 15.2 Å². The number of guanidine groups is 1. The molecule has 1 fully saturated rings. The van der Waals surface area contributed by atoms with Crippen LogP contribution in [0, 0.1) is 5.82 Å². The molecule has 3 rings (SSSR count). The van der Waals surface area contributed by atoms with Crippen LogP contribution in [0.25, 0.3) is 0 Å². The van der Waals surface area contributed by atoms with E-state index in [4.69, 9.17) is 9.47 Å². The van der Waals surface area contributed by atoms with Gasteiger partial charge in [-0.1, -0.05) is 0 Å². The molecule has 0 aliphatic carbocycles. The second-order valence-electron chi connectivity index (χ2n) is 6.89. The molecular formula is C18H19F4N5O3. The van der Waals surface area contributed by atoms with Crippen molar-refractivity contribution in [1.29, 1.82) is 0 Å². The lowest BCUT2D eigenvalue weighted by Gasteiger charge is -2.16. The molecular weight excluding hydrogens is 410 g/mol. The highest BCUT2D eigenvalue weighted by molar-refractivity contribution is 6.09. The van der Waals surface area contributed by atoms with E-state index in [1.807, 2.05) is 5.10 Å². The zero-order valence-corrected chi connectivity index (χ0v) is 16.0. The summed E-state index contributed by atoms with van der Waals surface area (Å²) in [6, 6.07) is 5.46. The first-order valence-corrected chi connectivity index (χ1v) is 8.84. The van der Waals surface area contributed by atoms with Gasteiger partial charge in [0.1, 0.15) is 17.6 Å². The van der Waals surface area contributed by atoms with Crippen molar-refractivity contribution in [2.45, 2.75) is 31.9 Å². The van der Waals surface area contributed by atoms with Crippen LogP contribution < -0.4 is 10.6 Å². The maximum atomic E-state index is 13.1. The second kappa shape index (κ2) is 8.40. The highest BCUT2D eigenvalue weighted by Gasteiger charge is 2.34. The van der Waals surface area contributed by atoms with Crippen molar-refractivity contribution in [2.24, 2.45) is 4.99 Å². The molecule has 30 heavy (non-hydrogen) atoms. The van der Waals surface area contributed by atoms with E-state index in [1.165, 1.54) is 12.1 Å². The summed E-state index contributed by atoms with van der Waals surface area (Å²) in [7, 11) is 0. The van der Waals surface area contributed by atoms with Gasteiger partial charge < -0.3 is 14.8 Å². The number of halogens is 4. The minimum Gasteiger partial charge on any atom is -0.348 e. The van der Waals surface area contributed by atoms with Crippen molar-refractivity contribution >= 4 is 17.7 Å². The number of nitrogens with zero attached hydrogens (tertiary/aromatic N) is 2. The maximum absolute atomic E-state index is 13.1. The summed E-state index contributed by atoms with van der Waals surface area (Å²) in [6.45, 7) is 3.78. The molecule has 8 nitrogen and oxygen atoms in total.